The van der Waals surface area contributed by atoms with Gasteiger partial charge in [0.25, 0.3) is 0 Å². The van der Waals surface area contributed by atoms with Crippen LogP contribution in [0.2, 0.25) is 12.1 Å². The lowest BCUT2D eigenvalue weighted by Gasteiger charge is -2.38. The molecule has 1 aliphatic carbocycles. The second-order valence-electron chi connectivity index (χ2n) is 9.97. The summed E-state index contributed by atoms with van der Waals surface area (Å²) in [4.78, 5) is 0. The first-order valence-electron chi connectivity index (χ1n) is 13.8. The van der Waals surface area contributed by atoms with Gasteiger partial charge in [0.15, 0.2) is 0 Å². The molecule has 2 heteroatoms. The van der Waals surface area contributed by atoms with Crippen molar-refractivity contribution in [3.05, 3.63) is 77.4 Å². The highest BCUT2D eigenvalue weighted by Gasteiger charge is 2.44. The van der Waals surface area contributed by atoms with E-state index in [0.717, 1.165) is 6.42 Å². The van der Waals surface area contributed by atoms with E-state index in [1.807, 2.05) is 6.08 Å². The highest BCUT2D eigenvalue weighted by Crippen LogP contribution is 2.42. The molecule has 0 spiro atoms. The van der Waals surface area contributed by atoms with Crippen LogP contribution in [-0.4, -0.2) is 14.7 Å². The van der Waals surface area contributed by atoms with Crippen LogP contribution in [0.5, 0.6) is 5.75 Å². The van der Waals surface area contributed by atoms with Gasteiger partial charge in [0.05, 0.1) is 0 Å². The molecule has 0 heterocycles. The number of fused-ring (bicyclic) bond motifs is 1. The summed E-state index contributed by atoms with van der Waals surface area (Å²) >= 11 is 0. The molecule has 0 N–H and O–H groups in total. The Hall–Kier alpha value is -2.06. The average Bonchev–Trinajstić information content (AvgIpc) is 3.30. The fourth-order valence-corrected chi connectivity index (χ4v) is 10.8. The van der Waals surface area contributed by atoms with E-state index < -0.39 is 8.07 Å². The molecule has 1 aliphatic rings. The van der Waals surface area contributed by atoms with Gasteiger partial charge in [0.1, 0.15) is 20.4 Å². The number of rotatable bonds is 15. The SMILES string of the molecule is C=CCOc1c(CCCCC)cc(CCCCC)cc1[Si](CC)(CC)C1C=Cc2ccccc21. The number of hydrogen-bond donors (Lipinski definition) is 0. The smallest absolute Gasteiger partial charge is 0.122 e. The van der Waals surface area contributed by atoms with Crippen molar-refractivity contribution < 1.29 is 4.74 Å². The van der Waals surface area contributed by atoms with Gasteiger partial charge < -0.3 is 4.74 Å². The zero-order chi connectivity index (χ0) is 24.4. The van der Waals surface area contributed by atoms with Crippen LogP contribution < -0.4 is 9.92 Å². The van der Waals surface area contributed by atoms with Crippen LogP contribution in [0, 0.1) is 0 Å². The number of benzene rings is 2. The molecule has 1 unspecified atom stereocenters. The molecule has 0 saturated carbocycles. The predicted molar refractivity (Wildman–Crippen MR) is 153 cm³/mol. The van der Waals surface area contributed by atoms with Crippen molar-refractivity contribution in [1.29, 1.82) is 0 Å². The van der Waals surface area contributed by atoms with Gasteiger partial charge in [-0.05, 0) is 53.1 Å². The summed E-state index contributed by atoms with van der Waals surface area (Å²) in [5.41, 5.74) is 6.40. The van der Waals surface area contributed by atoms with Crippen molar-refractivity contribution in [3.63, 3.8) is 0 Å². The lowest BCUT2D eigenvalue weighted by Crippen LogP contribution is -2.52. The molecule has 2 aromatic carbocycles. The minimum Gasteiger partial charge on any atom is -0.489 e. The van der Waals surface area contributed by atoms with Crippen LogP contribution in [0.25, 0.3) is 6.08 Å². The van der Waals surface area contributed by atoms with Crippen molar-refractivity contribution in [2.45, 2.75) is 96.7 Å². The Balaban J connectivity index is 2.17. The van der Waals surface area contributed by atoms with Crippen LogP contribution in [-0.2, 0) is 12.8 Å². The maximum atomic E-state index is 6.58. The van der Waals surface area contributed by atoms with Gasteiger partial charge in [0, 0.05) is 5.54 Å². The van der Waals surface area contributed by atoms with E-state index in [-0.39, 0.29) is 0 Å². The summed E-state index contributed by atoms with van der Waals surface area (Å²) in [5, 5.41) is 1.56. The average molecular weight is 475 g/mol. The molecule has 0 aromatic heterocycles. The molecule has 0 aliphatic heterocycles. The summed E-state index contributed by atoms with van der Waals surface area (Å²) in [6.07, 6.45) is 16.7. The van der Waals surface area contributed by atoms with Gasteiger partial charge in [-0.2, -0.15) is 0 Å². The lowest BCUT2D eigenvalue weighted by molar-refractivity contribution is 0.361. The minimum absolute atomic E-state index is 0.513. The van der Waals surface area contributed by atoms with Crippen molar-refractivity contribution >= 4 is 19.3 Å². The van der Waals surface area contributed by atoms with Gasteiger partial charge in [-0.15, -0.1) is 0 Å². The molecular weight excluding hydrogens is 428 g/mol. The Labute approximate surface area is 210 Å². The van der Waals surface area contributed by atoms with Crippen molar-refractivity contribution in [1.82, 2.24) is 0 Å². The molecule has 34 heavy (non-hydrogen) atoms. The molecule has 0 amide bonds. The van der Waals surface area contributed by atoms with Gasteiger partial charge in [-0.25, -0.2) is 0 Å². The number of allylic oxidation sites excluding steroid dienone is 1. The third-order valence-electron chi connectivity index (χ3n) is 7.88. The first-order valence-corrected chi connectivity index (χ1v) is 16.3. The van der Waals surface area contributed by atoms with E-state index in [4.69, 9.17) is 4.74 Å². The van der Waals surface area contributed by atoms with Crippen LogP contribution in [0.15, 0.2) is 55.1 Å². The van der Waals surface area contributed by atoms with Crippen LogP contribution in [0.3, 0.4) is 0 Å². The molecule has 1 nitrogen and oxygen atoms in total. The summed E-state index contributed by atoms with van der Waals surface area (Å²) in [5.74, 6) is 1.20. The zero-order valence-electron chi connectivity index (χ0n) is 22.2. The van der Waals surface area contributed by atoms with Crippen LogP contribution in [0.4, 0.5) is 0 Å². The Morgan fingerprint density at radius 2 is 1.62 bits per heavy atom. The zero-order valence-corrected chi connectivity index (χ0v) is 23.2. The van der Waals surface area contributed by atoms with E-state index in [9.17, 15) is 0 Å². The van der Waals surface area contributed by atoms with E-state index in [1.54, 1.807) is 5.19 Å². The molecule has 2 aromatic rings. The maximum absolute atomic E-state index is 6.58. The molecule has 0 radical (unpaired) electrons. The molecule has 0 bridgehead atoms. The molecule has 0 saturated heterocycles. The Morgan fingerprint density at radius 3 is 2.29 bits per heavy atom. The normalized spacial score (nSPS) is 14.9. The summed E-state index contributed by atoms with van der Waals surface area (Å²) in [7, 11) is -1.94. The minimum atomic E-state index is -1.94. The molecule has 1 atom stereocenters. The fourth-order valence-electron chi connectivity index (χ4n) is 5.88. The third-order valence-corrected chi connectivity index (χ3v) is 13.5. The summed E-state index contributed by atoms with van der Waals surface area (Å²) in [6.45, 7) is 14.0. The first kappa shape index (κ1) is 26.5. The molecule has 184 valence electrons. The van der Waals surface area contributed by atoms with Gasteiger partial charge in [-0.3, -0.25) is 0 Å². The largest absolute Gasteiger partial charge is 0.489 e. The Bertz CT molecular complexity index is 953. The van der Waals surface area contributed by atoms with E-state index >= 15 is 0 Å². The molecule has 3 rings (SSSR count). The predicted octanol–water partition coefficient (Wildman–Crippen LogP) is 8.76. The number of hydrogen-bond acceptors (Lipinski definition) is 1. The monoisotopic (exact) mass is 474 g/mol. The Kier molecular flexibility index (Phi) is 10.3. The second-order valence-corrected chi connectivity index (χ2v) is 14.9. The highest BCUT2D eigenvalue weighted by molar-refractivity contribution is 6.94. The van der Waals surface area contributed by atoms with Crippen molar-refractivity contribution in [3.8, 4) is 5.75 Å². The number of unbranched alkanes of at least 4 members (excludes halogenated alkanes) is 4. The molecular formula is C32H46OSi. The highest BCUT2D eigenvalue weighted by atomic mass is 28.3. The fraction of sp³-hybridized carbons (Fsp3) is 0.500. The van der Waals surface area contributed by atoms with Crippen LogP contribution in [0.1, 0.15) is 94.0 Å². The maximum Gasteiger partial charge on any atom is 0.122 e. The van der Waals surface area contributed by atoms with E-state index in [2.05, 4.69) is 82.8 Å². The van der Waals surface area contributed by atoms with Crippen LogP contribution >= 0.6 is 0 Å². The van der Waals surface area contributed by atoms with E-state index in [0.29, 0.717) is 12.1 Å². The Morgan fingerprint density at radius 1 is 0.912 bits per heavy atom. The van der Waals surface area contributed by atoms with E-state index in [1.165, 1.54) is 85.0 Å². The second kappa shape index (κ2) is 13.1. The van der Waals surface area contributed by atoms with Crippen molar-refractivity contribution in [2.24, 2.45) is 0 Å². The summed E-state index contributed by atoms with van der Waals surface area (Å²) in [6, 6.07) is 16.5. The topological polar surface area (TPSA) is 9.23 Å². The standard InChI is InChI=1S/C32H46OSi/c1-6-11-13-17-26-24-28(19-14-12-7-2)32(33-23-8-3)31(25-26)34(9-4,10-5)30-22-21-27-18-15-16-20-29(27)30/h8,15-16,18,20-22,24-25,30H,3,6-7,9-14,17,19,23H2,1-2,4-5H3. The third kappa shape index (κ3) is 5.77. The van der Waals surface area contributed by atoms with Gasteiger partial charge in [-0.1, -0.05) is 127 Å². The first-order chi connectivity index (χ1) is 16.6. The van der Waals surface area contributed by atoms with Gasteiger partial charge >= 0.3 is 0 Å². The number of ether oxygens (including phenoxy) is 1. The van der Waals surface area contributed by atoms with Crippen molar-refractivity contribution in [2.75, 3.05) is 6.61 Å². The number of aryl methyl sites for hydroxylation is 2. The van der Waals surface area contributed by atoms with Gasteiger partial charge in [0.2, 0.25) is 0 Å². The summed E-state index contributed by atoms with van der Waals surface area (Å²) < 4.78 is 6.58. The quantitative estimate of drug-likeness (QED) is 0.142. The molecule has 0 fully saturated rings. The lowest BCUT2D eigenvalue weighted by atomic mass is 10.00.